The van der Waals surface area contributed by atoms with Crippen LogP contribution in [0.1, 0.15) is 18.9 Å². The van der Waals surface area contributed by atoms with Gasteiger partial charge in [0.15, 0.2) is 0 Å². The van der Waals surface area contributed by atoms with E-state index in [9.17, 15) is 4.39 Å². The summed E-state index contributed by atoms with van der Waals surface area (Å²) in [5, 5.41) is 18.0. The summed E-state index contributed by atoms with van der Waals surface area (Å²) in [4.78, 5) is 4.30. The van der Waals surface area contributed by atoms with Gasteiger partial charge in [-0.05, 0) is 38.6 Å². The molecule has 0 unspecified atom stereocenters. The fourth-order valence-corrected chi connectivity index (χ4v) is 2.02. The summed E-state index contributed by atoms with van der Waals surface area (Å²) in [6, 6.07) is 4.37. The van der Waals surface area contributed by atoms with Gasteiger partial charge in [-0.1, -0.05) is 19.1 Å². The van der Waals surface area contributed by atoms with Crippen LogP contribution in [-0.4, -0.2) is 60.7 Å². The molecule has 0 amide bonds. The number of hydrogen-bond donors (Lipinski definition) is 2. The molecule has 0 saturated heterocycles. The molecule has 0 bridgehead atoms. The Bertz CT molecular complexity index is 416. The Morgan fingerprint density at radius 1 is 1.15 bits per heavy atom. The second-order valence-electron chi connectivity index (χ2n) is 5.30. The second kappa shape index (κ2) is 8.37. The zero-order valence-corrected chi connectivity index (χ0v) is 12.5. The molecule has 0 saturated carbocycles. The average Bonchev–Trinajstić information content (AvgIpc) is 2.38. The summed E-state index contributed by atoms with van der Waals surface area (Å²) < 4.78 is 14.0. The molecular weight excluding hydrogens is 258 g/mol. The summed E-state index contributed by atoms with van der Waals surface area (Å²) in [5.74, 6) is -0.387. The van der Waals surface area contributed by atoms with Crippen LogP contribution in [0.5, 0.6) is 0 Å². The lowest BCUT2D eigenvalue weighted by atomic mass is 9.80. The molecule has 0 aromatic heterocycles. The summed E-state index contributed by atoms with van der Waals surface area (Å²) >= 11 is 0. The molecular formula is C14H24BFN2O2. The van der Waals surface area contributed by atoms with Crippen molar-refractivity contribution in [3.8, 4) is 0 Å². The zero-order valence-electron chi connectivity index (χ0n) is 12.5. The van der Waals surface area contributed by atoms with Crippen molar-refractivity contribution in [2.75, 3.05) is 33.7 Å². The number of hydrogen-bond acceptors (Lipinski definition) is 4. The number of nitrogens with zero attached hydrogens (tertiary/aromatic N) is 2. The Morgan fingerprint density at radius 2 is 1.85 bits per heavy atom. The standard InChI is InChI=1S/C14H24BFN2O2/c1-4-7-18(9-8-17(2)3)11-12-5-6-13(15(19)20)10-14(12)16/h5-6,10,19-20H,4,7-9,11H2,1-3H3. The molecule has 0 radical (unpaired) electrons. The van der Waals surface area contributed by atoms with Crippen LogP contribution in [0, 0.1) is 5.82 Å². The quantitative estimate of drug-likeness (QED) is 0.672. The number of rotatable bonds is 8. The Kier molecular flexibility index (Phi) is 7.16. The lowest BCUT2D eigenvalue weighted by Gasteiger charge is -2.24. The van der Waals surface area contributed by atoms with E-state index in [4.69, 9.17) is 10.0 Å². The van der Waals surface area contributed by atoms with E-state index in [0.717, 1.165) is 26.1 Å². The van der Waals surface area contributed by atoms with Crippen molar-refractivity contribution in [1.82, 2.24) is 9.80 Å². The Labute approximate surface area is 121 Å². The van der Waals surface area contributed by atoms with Crippen molar-refractivity contribution in [3.63, 3.8) is 0 Å². The lowest BCUT2D eigenvalue weighted by molar-refractivity contribution is 0.231. The highest BCUT2D eigenvalue weighted by Crippen LogP contribution is 2.09. The van der Waals surface area contributed by atoms with E-state index in [2.05, 4.69) is 16.7 Å². The van der Waals surface area contributed by atoms with Crippen LogP contribution in [0.15, 0.2) is 18.2 Å². The zero-order chi connectivity index (χ0) is 15.1. The van der Waals surface area contributed by atoms with Crippen LogP contribution in [0.3, 0.4) is 0 Å². The maximum absolute atomic E-state index is 14.0. The monoisotopic (exact) mass is 282 g/mol. The summed E-state index contributed by atoms with van der Waals surface area (Å²) in [6.07, 6.45) is 1.02. The first-order chi connectivity index (χ1) is 9.43. The largest absolute Gasteiger partial charge is 0.488 e. The third-order valence-electron chi connectivity index (χ3n) is 3.17. The molecule has 0 aliphatic rings. The van der Waals surface area contributed by atoms with Gasteiger partial charge in [-0.25, -0.2) is 4.39 Å². The van der Waals surface area contributed by atoms with Crippen molar-refractivity contribution >= 4 is 12.6 Å². The normalized spacial score (nSPS) is 11.4. The van der Waals surface area contributed by atoms with Gasteiger partial charge in [0.25, 0.3) is 0 Å². The first-order valence-electron chi connectivity index (χ1n) is 6.95. The highest BCUT2D eigenvalue weighted by molar-refractivity contribution is 6.58. The van der Waals surface area contributed by atoms with E-state index in [-0.39, 0.29) is 11.3 Å². The molecule has 0 aliphatic heterocycles. The van der Waals surface area contributed by atoms with Crippen molar-refractivity contribution in [1.29, 1.82) is 0 Å². The highest BCUT2D eigenvalue weighted by atomic mass is 19.1. The molecule has 0 atom stereocenters. The van der Waals surface area contributed by atoms with Gasteiger partial charge in [0.1, 0.15) is 5.82 Å². The molecule has 0 fully saturated rings. The number of halogens is 1. The topological polar surface area (TPSA) is 46.9 Å². The molecule has 20 heavy (non-hydrogen) atoms. The molecule has 4 nitrogen and oxygen atoms in total. The summed E-state index contributed by atoms with van der Waals surface area (Å²) in [7, 11) is 2.41. The van der Waals surface area contributed by atoms with Gasteiger partial charge in [0.2, 0.25) is 0 Å². The minimum Gasteiger partial charge on any atom is -0.423 e. The van der Waals surface area contributed by atoms with Crippen LogP contribution < -0.4 is 5.46 Å². The molecule has 1 rings (SSSR count). The molecule has 0 aliphatic carbocycles. The second-order valence-corrected chi connectivity index (χ2v) is 5.30. The van der Waals surface area contributed by atoms with Crippen LogP contribution in [0.2, 0.25) is 0 Å². The molecule has 2 N–H and O–H groups in total. The van der Waals surface area contributed by atoms with Crippen molar-refractivity contribution in [2.24, 2.45) is 0 Å². The van der Waals surface area contributed by atoms with Crippen LogP contribution in [-0.2, 0) is 6.54 Å². The predicted octanol–water partition coefficient (Wildman–Crippen LogP) is 0.279. The fourth-order valence-electron chi connectivity index (χ4n) is 2.02. The third-order valence-corrected chi connectivity index (χ3v) is 3.17. The van der Waals surface area contributed by atoms with E-state index in [1.54, 1.807) is 12.1 Å². The molecule has 1 aromatic rings. The van der Waals surface area contributed by atoms with Gasteiger partial charge in [-0.3, -0.25) is 4.90 Å². The molecule has 6 heteroatoms. The lowest BCUT2D eigenvalue weighted by Crippen LogP contribution is -2.33. The van der Waals surface area contributed by atoms with Crippen molar-refractivity contribution < 1.29 is 14.4 Å². The van der Waals surface area contributed by atoms with Gasteiger partial charge < -0.3 is 14.9 Å². The van der Waals surface area contributed by atoms with Gasteiger partial charge in [0, 0.05) is 25.2 Å². The third kappa shape index (κ3) is 5.59. The van der Waals surface area contributed by atoms with Crippen molar-refractivity contribution in [2.45, 2.75) is 19.9 Å². The SMILES string of the molecule is CCCN(CCN(C)C)Cc1ccc(B(O)O)cc1F. The number of likely N-dealkylation sites (N-methyl/N-ethyl adjacent to an activating group) is 1. The highest BCUT2D eigenvalue weighted by Gasteiger charge is 2.15. The summed E-state index contributed by atoms with van der Waals surface area (Å²) in [6.45, 7) is 5.36. The van der Waals surface area contributed by atoms with E-state index < -0.39 is 7.12 Å². The van der Waals surface area contributed by atoms with Gasteiger partial charge in [-0.2, -0.15) is 0 Å². The molecule has 0 spiro atoms. The number of benzene rings is 1. The van der Waals surface area contributed by atoms with E-state index in [1.807, 2.05) is 14.1 Å². The first-order valence-corrected chi connectivity index (χ1v) is 6.95. The Hall–Kier alpha value is -0.945. The van der Waals surface area contributed by atoms with E-state index >= 15 is 0 Å². The van der Waals surface area contributed by atoms with Crippen molar-refractivity contribution in [3.05, 3.63) is 29.6 Å². The van der Waals surface area contributed by atoms with Gasteiger partial charge in [-0.15, -0.1) is 0 Å². The summed E-state index contributed by atoms with van der Waals surface area (Å²) in [5.41, 5.74) is 0.767. The van der Waals surface area contributed by atoms with Crippen LogP contribution in [0.25, 0.3) is 0 Å². The Morgan fingerprint density at radius 3 is 2.35 bits per heavy atom. The molecule has 1 aromatic carbocycles. The fraction of sp³-hybridized carbons (Fsp3) is 0.571. The van der Waals surface area contributed by atoms with E-state index in [0.29, 0.717) is 12.1 Å². The maximum Gasteiger partial charge on any atom is 0.488 e. The smallest absolute Gasteiger partial charge is 0.423 e. The first kappa shape index (κ1) is 17.1. The van der Waals surface area contributed by atoms with Gasteiger partial charge >= 0.3 is 7.12 Å². The van der Waals surface area contributed by atoms with Gasteiger partial charge in [0.05, 0.1) is 0 Å². The molecule has 0 heterocycles. The van der Waals surface area contributed by atoms with Crippen LogP contribution in [0.4, 0.5) is 4.39 Å². The average molecular weight is 282 g/mol. The van der Waals surface area contributed by atoms with E-state index in [1.165, 1.54) is 6.07 Å². The van der Waals surface area contributed by atoms with Crippen LogP contribution >= 0.6 is 0 Å². The minimum absolute atomic E-state index is 0.182. The molecule has 112 valence electrons. The maximum atomic E-state index is 14.0. The predicted molar refractivity (Wildman–Crippen MR) is 80.3 cm³/mol. The minimum atomic E-state index is -1.63. The Balaban J connectivity index is 2.72.